The van der Waals surface area contributed by atoms with E-state index in [0.717, 1.165) is 69.4 Å². The average Bonchev–Trinajstić information content (AvgIpc) is 3.46. The first-order valence-corrected chi connectivity index (χ1v) is 11.8. The molecule has 0 unspecified atom stereocenters. The van der Waals surface area contributed by atoms with Crippen molar-refractivity contribution in [2.45, 2.75) is 19.4 Å². The summed E-state index contributed by atoms with van der Waals surface area (Å²) in [6.45, 7) is 6.19. The van der Waals surface area contributed by atoms with Gasteiger partial charge in [0.25, 0.3) is 0 Å². The molecule has 4 heterocycles. The van der Waals surface area contributed by atoms with E-state index < -0.39 is 0 Å². The molecule has 4 aromatic rings. The Balaban J connectivity index is 1.32. The van der Waals surface area contributed by atoms with E-state index in [1.54, 1.807) is 0 Å². The lowest BCUT2D eigenvalue weighted by molar-refractivity contribution is 0.0322. The van der Waals surface area contributed by atoms with Crippen molar-refractivity contribution in [1.82, 2.24) is 19.7 Å². The lowest BCUT2D eigenvalue weighted by Crippen LogP contribution is -2.38. The Labute approximate surface area is 193 Å². The van der Waals surface area contributed by atoms with Crippen LogP contribution in [0.15, 0.2) is 60.8 Å². The van der Waals surface area contributed by atoms with Crippen LogP contribution in [0.4, 0.5) is 0 Å². The van der Waals surface area contributed by atoms with E-state index in [0.29, 0.717) is 6.61 Å². The lowest BCUT2D eigenvalue weighted by Gasteiger charge is -2.26. The van der Waals surface area contributed by atoms with Crippen LogP contribution in [0.2, 0.25) is 0 Å². The van der Waals surface area contributed by atoms with Gasteiger partial charge in [-0.2, -0.15) is 5.10 Å². The zero-order valence-electron chi connectivity index (χ0n) is 18.7. The SMILES string of the molecule is c1ccc(-c2nn3c(c2-c2cccc4cc(OCCN5CCOCC5)ccc24)CCC3)nc1. The molecule has 2 aromatic heterocycles. The molecule has 0 atom stereocenters. The minimum atomic E-state index is 0.686. The van der Waals surface area contributed by atoms with Crippen molar-refractivity contribution in [2.24, 2.45) is 0 Å². The summed E-state index contributed by atoms with van der Waals surface area (Å²) >= 11 is 0. The maximum atomic E-state index is 6.11. The van der Waals surface area contributed by atoms with Gasteiger partial charge in [0.15, 0.2) is 0 Å². The molecule has 0 N–H and O–H groups in total. The molecule has 6 heteroatoms. The molecule has 1 fully saturated rings. The minimum Gasteiger partial charge on any atom is -0.492 e. The summed E-state index contributed by atoms with van der Waals surface area (Å²) in [5.41, 5.74) is 5.65. The van der Waals surface area contributed by atoms with Gasteiger partial charge in [0.05, 0.1) is 18.9 Å². The number of nitrogens with zero attached hydrogens (tertiary/aromatic N) is 4. The first-order valence-electron chi connectivity index (χ1n) is 11.8. The van der Waals surface area contributed by atoms with Gasteiger partial charge >= 0.3 is 0 Å². The van der Waals surface area contributed by atoms with Crippen molar-refractivity contribution in [3.05, 3.63) is 66.5 Å². The van der Waals surface area contributed by atoms with Gasteiger partial charge in [-0.05, 0) is 53.4 Å². The van der Waals surface area contributed by atoms with Gasteiger partial charge in [-0.15, -0.1) is 0 Å². The molecule has 6 rings (SSSR count). The summed E-state index contributed by atoms with van der Waals surface area (Å²) in [6, 6.07) is 19.0. The molecule has 0 amide bonds. The van der Waals surface area contributed by atoms with E-state index >= 15 is 0 Å². The van der Waals surface area contributed by atoms with E-state index in [1.165, 1.54) is 27.6 Å². The monoisotopic (exact) mass is 440 g/mol. The number of aryl methyl sites for hydroxylation is 1. The van der Waals surface area contributed by atoms with Gasteiger partial charge in [0.2, 0.25) is 0 Å². The predicted octanol–water partition coefficient (Wildman–Crippen LogP) is 4.42. The molecule has 0 saturated carbocycles. The first kappa shape index (κ1) is 20.4. The van der Waals surface area contributed by atoms with Crippen molar-refractivity contribution in [3.63, 3.8) is 0 Å². The molecule has 6 nitrogen and oxygen atoms in total. The second-order valence-corrected chi connectivity index (χ2v) is 8.70. The minimum absolute atomic E-state index is 0.686. The normalized spacial score (nSPS) is 16.2. The lowest BCUT2D eigenvalue weighted by atomic mass is 9.94. The molecule has 0 spiro atoms. The highest BCUT2D eigenvalue weighted by atomic mass is 16.5. The summed E-state index contributed by atoms with van der Waals surface area (Å²) in [5, 5.41) is 7.36. The van der Waals surface area contributed by atoms with Crippen molar-refractivity contribution in [2.75, 3.05) is 39.5 Å². The van der Waals surface area contributed by atoms with E-state index in [4.69, 9.17) is 14.6 Å². The van der Waals surface area contributed by atoms with Crippen molar-refractivity contribution < 1.29 is 9.47 Å². The van der Waals surface area contributed by atoms with E-state index in [-0.39, 0.29) is 0 Å². The van der Waals surface area contributed by atoms with Crippen LogP contribution < -0.4 is 4.74 Å². The number of hydrogen-bond donors (Lipinski definition) is 0. The van der Waals surface area contributed by atoms with Crippen molar-refractivity contribution >= 4 is 10.8 Å². The molecule has 2 aliphatic rings. The maximum absolute atomic E-state index is 6.11. The van der Waals surface area contributed by atoms with Gasteiger partial charge in [-0.1, -0.05) is 30.3 Å². The Hall–Kier alpha value is -3.22. The molecule has 2 aliphatic heterocycles. The zero-order valence-corrected chi connectivity index (χ0v) is 18.7. The molecule has 0 radical (unpaired) electrons. The zero-order chi connectivity index (χ0) is 22.0. The number of ether oxygens (including phenoxy) is 2. The highest BCUT2D eigenvalue weighted by molar-refractivity contribution is 6.00. The second kappa shape index (κ2) is 8.96. The second-order valence-electron chi connectivity index (χ2n) is 8.70. The largest absolute Gasteiger partial charge is 0.492 e. The number of aromatic nitrogens is 3. The predicted molar refractivity (Wildman–Crippen MR) is 129 cm³/mol. The smallest absolute Gasteiger partial charge is 0.120 e. The van der Waals surface area contributed by atoms with E-state index in [1.807, 2.05) is 24.4 Å². The molecule has 0 bridgehead atoms. The summed E-state index contributed by atoms with van der Waals surface area (Å²) < 4.78 is 13.7. The topological polar surface area (TPSA) is 52.4 Å². The van der Waals surface area contributed by atoms with Crippen LogP contribution in [-0.2, 0) is 17.7 Å². The van der Waals surface area contributed by atoms with Gasteiger partial charge in [-0.3, -0.25) is 14.6 Å². The van der Waals surface area contributed by atoms with Gasteiger partial charge < -0.3 is 9.47 Å². The number of morpholine rings is 1. The molecule has 0 aliphatic carbocycles. The van der Waals surface area contributed by atoms with Gasteiger partial charge in [0, 0.05) is 43.6 Å². The number of hydrogen-bond acceptors (Lipinski definition) is 5. The fourth-order valence-corrected chi connectivity index (χ4v) is 4.98. The Morgan fingerprint density at radius 2 is 1.91 bits per heavy atom. The maximum Gasteiger partial charge on any atom is 0.120 e. The third-order valence-corrected chi connectivity index (χ3v) is 6.65. The van der Waals surface area contributed by atoms with Crippen LogP contribution in [0.5, 0.6) is 5.75 Å². The highest BCUT2D eigenvalue weighted by Crippen LogP contribution is 2.40. The Morgan fingerprint density at radius 3 is 2.79 bits per heavy atom. The number of pyridine rings is 1. The van der Waals surface area contributed by atoms with Crippen molar-refractivity contribution in [1.29, 1.82) is 0 Å². The fraction of sp³-hybridized carbons (Fsp3) is 0.333. The molecule has 2 aromatic carbocycles. The third kappa shape index (κ3) is 4.01. The number of rotatable bonds is 6. The molecular formula is C27H28N4O2. The van der Waals surface area contributed by atoms with Crippen LogP contribution in [0.3, 0.4) is 0 Å². The van der Waals surface area contributed by atoms with E-state index in [2.05, 4.69) is 51.0 Å². The van der Waals surface area contributed by atoms with Crippen LogP contribution in [0.25, 0.3) is 33.3 Å². The average molecular weight is 441 g/mol. The molecule has 168 valence electrons. The molecule has 1 saturated heterocycles. The van der Waals surface area contributed by atoms with Crippen LogP contribution in [0, 0.1) is 0 Å². The van der Waals surface area contributed by atoms with Crippen LogP contribution >= 0.6 is 0 Å². The quantitative estimate of drug-likeness (QED) is 0.444. The van der Waals surface area contributed by atoms with E-state index in [9.17, 15) is 0 Å². The summed E-state index contributed by atoms with van der Waals surface area (Å²) in [4.78, 5) is 7.00. The Kier molecular flexibility index (Phi) is 5.54. The summed E-state index contributed by atoms with van der Waals surface area (Å²) in [7, 11) is 0. The molecular weight excluding hydrogens is 412 g/mol. The standard InChI is InChI=1S/C27H28N4O2/c1-2-11-28-24(7-1)27-26(25-8-4-12-31(25)29-27)23-6-3-5-20-19-21(9-10-22(20)23)33-18-15-30-13-16-32-17-14-30/h1-3,5-7,9-11,19H,4,8,12-18H2. The number of benzene rings is 2. The van der Waals surface area contributed by atoms with Crippen LogP contribution in [-0.4, -0.2) is 59.1 Å². The summed E-state index contributed by atoms with van der Waals surface area (Å²) in [6.07, 6.45) is 4.03. The fourth-order valence-electron chi connectivity index (χ4n) is 4.98. The third-order valence-electron chi connectivity index (χ3n) is 6.65. The Bertz CT molecular complexity index is 1260. The van der Waals surface area contributed by atoms with Crippen molar-refractivity contribution in [3.8, 4) is 28.3 Å². The molecule has 33 heavy (non-hydrogen) atoms. The Morgan fingerprint density at radius 1 is 0.970 bits per heavy atom. The first-order chi connectivity index (χ1) is 16.4. The van der Waals surface area contributed by atoms with Gasteiger partial charge in [-0.25, -0.2) is 0 Å². The van der Waals surface area contributed by atoms with Gasteiger partial charge in [0.1, 0.15) is 18.1 Å². The van der Waals surface area contributed by atoms with Crippen LogP contribution in [0.1, 0.15) is 12.1 Å². The number of fused-ring (bicyclic) bond motifs is 2. The highest BCUT2D eigenvalue weighted by Gasteiger charge is 2.25. The summed E-state index contributed by atoms with van der Waals surface area (Å²) in [5.74, 6) is 0.915.